The number of fused-ring (bicyclic) bond motifs is 1. The summed E-state index contributed by atoms with van der Waals surface area (Å²) in [4.78, 5) is 30.9. The first-order valence-electron chi connectivity index (χ1n) is 7.62. The summed E-state index contributed by atoms with van der Waals surface area (Å²) in [5.41, 5.74) is 1.76. The van der Waals surface area contributed by atoms with Crippen molar-refractivity contribution < 1.29 is 19.1 Å². The fourth-order valence-electron chi connectivity index (χ4n) is 2.84. The van der Waals surface area contributed by atoms with Gasteiger partial charge in [0.05, 0.1) is 36.8 Å². The minimum Gasteiger partial charge on any atom is -0.497 e. The van der Waals surface area contributed by atoms with Crippen LogP contribution in [0, 0.1) is 0 Å². The molecule has 7 heteroatoms. The lowest BCUT2D eigenvalue weighted by Gasteiger charge is -2.33. The van der Waals surface area contributed by atoms with Crippen molar-refractivity contribution in [2.75, 3.05) is 19.5 Å². The molecule has 126 valence electrons. The van der Waals surface area contributed by atoms with E-state index in [1.54, 1.807) is 25.9 Å². The highest BCUT2D eigenvalue weighted by atomic mass is 32.2. The number of amidine groups is 1. The number of methoxy groups -OCH3 is 1. The Morgan fingerprint density at radius 1 is 1.46 bits per heavy atom. The lowest BCUT2D eigenvalue weighted by molar-refractivity contribution is -0.139. The Labute approximate surface area is 144 Å². The van der Waals surface area contributed by atoms with Crippen molar-refractivity contribution in [1.82, 2.24) is 4.90 Å². The van der Waals surface area contributed by atoms with E-state index >= 15 is 0 Å². The zero-order valence-corrected chi connectivity index (χ0v) is 14.6. The number of allylic oxidation sites excluding steroid dienone is 1. The molecule has 0 radical (unpaired) electrons. The Kier molecular flexibility index (Phi) is 4.62. The summed E-state index contributed by atoms with van der Waals surface area (Å²) in [6.45, 7) is 3.79. The lowest BCUT2D eigenvalue weighted by Crippen LogP contribution is -2.39. The lowest BCUT2D eigenvalue weighted by atomic mass is 9.94. The van der Waals surface area contributed by atoms with Gasteiger partial charge >= 0.3 is 5.97 Å². The summed E-state index contributed by atoms with van der Waals surface area (Å²) in [5.74, 6) is 0.468. The SMILES string of the molecule is CCOC(=O)C1=C(C)N=C2SCC(=O)N2[C@@H]1c1cccc(OC)c1. The van der Waals surface area contributed by atoms with Crippen LogP contribution in [0.4, 0.5) is 0 Å². The molecule has 0 saturated carbocycles. The normalized spacial score (nSPS) is 20.0. The first-order chi connectivity index (χ1) is 11.6. The van der Waals surface area contributed by atoms with Gasteiger partial charge in [0.2, 0.25) is 5.91 Å². The Hall–Kier alpha value is -2.28. The zero-order chi connectivity index (χ0) is 17.3. The maximum atomic E-state index is 12.5. The first kappa shape index (κ1) is 16.6. The number of carbonyl (C=O) groups is 2. The van der Waals surface area contributed by atoms with Crippen molar-refractivity contribution in [1.29, 1.82) is 0 Å². The largest absolute Gasteiger partial charge is 0.497 e. The minimum absolute atomic E-state index is 0.0686. The smallest absolute Gasteiger partial charge is 0.338 e. The van der Waals surface area contributed by atoms with Crippen LogP contribution in [-0.4, -0.2) is 41.4 Å². The van der Waals surface area contributed by atoms with Gasteiger partial charge in [-0.05, 0) is 31.5 Å². The second-order valence-electron chi connectivity index (χ2n) is 5.35. The number of esters is 1. The third-order valence-corrected chi connectivity index (χ3v) is 4.83. The van der Waals surface area contributed by atoms with Crippen molar-refractivity contribution in [3.8, 4) is 5.75 Å². The molecule has 1 aromatic carbocycles. The van der Waals surface area contributed by atoms with Gasteiger partial charge in [0, 0.05) is 0 Å². The molecule has 0 bridgehead atoms. The van der Waals surface area contributed by atoms with E-state index in [0.717, 1.165) is 5.56 Å². The molecule has 1 fully saturated rings. The van der Waals surface area contributed by atoms with Crippen LogP contribution in [0.25, 0.3) is 0 Å². The van der Waals surface area contributed by atoms with Gasteiger partial charge in [-0.2, -0.15) is 0 Å². The summed E-state index contributed by atoms with van der Waals surface area (Å²) in [7, 11) is 1.58. The molecule has 6 nitrogen and oxygen atoms in total. The summed E-state index contributed by atoms with van der Waals surface area (Å²) in [5, 5.41) is 0.623. The number of rotatable bonds is 4. The van der Waals surface area contributed by atoms with E-state index in [1.807, 2.05) is 24.3 Å². The highest BCUT2D eigenvalue weighted by Crippen LogP contribution is 2.41. The van der Waals surface area contributed by atoms with Gasteiger partial charge in [0.15, 0.2) is 5.17 Å². The number of nitrogens with zero attached hydrogens (tertiary/aromatic N) is 2. The van der Waals surface area contributed by atoms with Crippen LogP contribution in [0.2, 0.25) is 0 Å². The fourth-order valence-corrected chi connectivity index (χ4v) is 3.78. The molecule has 1 atom stereocenters. The highest BCUT2D eigenvalue weighted by molar-refractivity contribution is 8.15. The molecule has 0 unspecified atom stereocenters. The Balaban J connectivity index is 2.14. The van der Waals surface area contributed by atoms with Crippen molar-refractivity contribution in [3.05, 3.63) is 41.1 Å². The molecule has 1 aromatic rings. The number of carbonyl (C=O) groups excluding carboxylic acids is 2. The maximum absolute atomic E-state index is 12.5. The van der Waals surface area contributed by atoms with E-state index in [1.165, 1.54) is 11.8 Å². The minimum atomic E-state index is -0.547. The Morgan fingerprint density at radius 2 is 2.25 bits per heavy atom. The summed E-state index contributed by atoms with van der Waals surface area (Å²) in [6, 6.07) is 6.82. The molecule has 0 aromatic heterocycles. The molecule has 2 heterocycles. The quantitative estimate of drug-likeness (QED) is 0.784. The van der Waals surface area contributed by atoms with Crippen LogP contribution in [0.3, 0.4) is 0 Å². The molecule has 1 amide bonds. The van der Waals surface area contributed by atoms with E-state index in [-0.39, 0.29) is 12.5 Å². The Morgan fingerprint density at radius 3 is 2.96 bits per heavy atom. The standard InChI is InChI=1S/C17H18N2O4S/c1-4-23-16(21)14-10(2)18-17-19(13(20)9-24-17)15(14)11-6-5-7-12(8-11)22-3/h5-8,15H,4,9H2,1-3H3/t15-/m1/s1. The third kappa shape index (κ3) is 2.80. The fraction of sp³-hybridized carbons (Fsp3) is 0.353. The van der Waals surface area contributed by atoms with Crippen molar-refractivity contribution in [3.63, 3.8) is 0 Å². The topological polar surface area (TPSA) is 68.2 Å². The Bertz CT molecular complexity index is 757. The van der Waals surface area contributed by atoms with Crippen LogP contribution in [0.5, 0.6) is 5.75 Å². The van der Waals surface area contributed by atoms with Crippen molar-refractivity contribution in [2.24, 2.45) is 4.99 Å². The number of ether oxygens (including phenoxy) is 2. The molecule has 1 saturated heterocycles. The molecular formula is C17H18N2O4S. The average Bonchev–Trinajstić information content (AvgIpc) is 2.94. The van der Waals surface area contributed by atoms with E-state index in [2.05, 4.69) is 4.99 Å². The summed E-state index contributed by atoms with van der Waals surface area (Å²) >= 11 is 1.38. The number of hydrogen-bond acceptors (Lipinski definition) is 6. The number of amides is 1. The van der Waals surface area contributed by atoms with Crippen LogP contribution in [0.1, 0.15) is 25.5 Å². The van der Waals surface area contributed by atoms with Crippen LogP contribution < -0.4 is 4.74 Å². The second-order valence-corrected chi connectivity index (χ2v) is 6.29. The van der Waals surface area contributed by atoms with Crippen LogP contribution >= 0.6 is 11.8 Å². The van der Waals surface area contributed by atoms with E-state index < -0.39 is 12.0 Å². The number of aliphatic imine (C=N–C) groups is 1. The third-order valence-electron chi connectivity index (χ3n) is 3.89. The van der Waals surface area contributed by atoms with Crippen LogP contribution in [0.15, 0.2) is 40.5 Å². The predicted molar refractivity (Wildman–Crippen MR) is 91.8 cm³/mol. The van der Waals surface area contributed by atoms with Crippen molar-refractivity contribution in [2.45, 2.75) is 19.9 Å². The monoisotopic (exact) mass is 346 g/mol. The van der Waals surface area contributed by atoms with E-state index in [9.17, 15) is 9.59 Å². The summed E-state index contributed by atoms with van der Waals surface area (Å²) < 4.78 is 10.5. The predicted octanol–water partition coefficient (Wildman–Crippen LogP) is 2.52. The van der Waals surface area contributed by atoms with E-state index in [4.69, 9.17) is 9.47 Å². The van der Waals surface area contributed by atoms with Gasteiger partial charge in [-0.15, -0.1) is 0 Å². The van der Waals surface area contributed by atoms with Gasteiger partial charge in [0.25, 0.3) is 0 Å². The van der Waals surface area contributed by atoms with Gasteiger partial charge in [-0.25, -0.2) is 9.79 Å². The van der Waals surface area contributed by atoms with Gasteiger partial charge in [-0.3, -0.25) is 9.69 Å². The second kappa shape index (κ2) is 6.68. The molecular weight excluding hydrogens is 328 g/mol. The molecule has 24 heavy (non-hydrogen) atoms. The van der Waals surface area contributed by atoms with Gasteiger partial charge in [-0.1, -0.05) is 23.9 Å². The zero-order valence-electron chi connectivity index (χ0n) is 13.7. The molecule has 0 spiro atoms. The van der Waals surface area contributed by atoms with Gasteiger partial charge < -0.3 is 9.47 Å². The average molecular weight is 346 g/mol. The summed E-state index contributed by atoms with van der Waals surface area (Å²) in [6.07, 6.45) is 0. The van der Waals surface area contributed by atoms with Crippen LogP contribution in [-0.2, 0) is 14.3 Å². The first-order valence-corrected chi connectivity index (χ1v) is 8.60. The van der Waals surface area contributed by atoms with Gasteiger partial charge in [0.1, 0.15) is 5.75 Å². The molecule has 3 rings (SSSR count). The van der Waals surface area contributed by atoms with E-state index in [0.29, 0.717) is 27.9 Å². The number of thioether (sulfide) groups is 1. The molecule has 2 aliphatic heterocycles. The number of benzene rings is 1. The molecule has 2 aliphatic rings. The molecule has 0 N–H and O–H groups in total. The molecule has 0 aliphatic carbocycles. The highest BCUT2D eigenvalue weighted by Gasteiger charge is 2.43. The van der Waals surface area contributed by atoms with Crippen molar-refractivity contribution >= 4 is 28.8 Å². The maximum Gasteiger partial charge on any atom is 0.338 e. The number of hydrogen-bond donors (Lipinski definition) is 0.